The third-order valence-corrected chi connectivity index (χ3v) is 4.13. The highest BCUT2D eigenvalue weighted by atomic mass is 15.2. The van der Waals surface area contributed by atoms with Gasteiger partial charge < -0.3 is 10.2 Å². The van der Waals surface area contributed by atoms with Crippen LogP contribution in [0, 0.1) is 0 Å². The van der Waals surface area contributed by atoms with E-state index < -0.39 is 0 Å². The Balaban J connectivity index is 1.45. The lowest BCUT2D eigenvalue weighted by Gasteiger charge is -2.19. The zero-order chi connectivity index (χ0) is 13.6. The first kappa shape index (κ1) is 13.6. The van der Waals surface area contributed by atoms with E-state index in [9.17, 15) is 0 Å². The van der Waals surface area contributed by atoms with Crippen molar-refractivity contribution in [3.05, 3.63) is 36.2 Å². The summed E-state index contributed by atoms with van der Waals surface area (Å²) in [4.78, 5) is 2.59. The number of hydrogen-bond acceptors (Lipinski definition) is 3. The largest absolute Gasteiger partial charge is 0.311 e. The van der Waals surface area contributed by atoms with Crippen molar-refractivity contribution < 1.29 is 0 Å². The molecular formula is C16H24N4. The molecule has 3 rings (SSSR count). The molecule has 0 unspecified atom stereocenters. The maximum Gasteiger partial charge on any atom is 0.0706 e. The number of pyridine rings is 1. The van der Waals surface area contributed by atoms with Gasteiger partial charge >= 0.3 is 0 Å². The predicted octanol–water partition coefficient (Wildman–Crippen LogP) is 2.30. The van der Waals surface area contributed by atoms with E-state index in [1.807, 2.05) is 23.0 Å². The molecule has 1 fully saturated rings. The summed E-state index contributed by atoms with van der Waals surface area (Å²) in [5, 5.41) is 7.92. The minimum atomic E-state index is 0.904. The van der Waals surface area contributed by atoms with Crippen LogP contribution in [0.3, 0.4) is 0 Å². The number of fused-ring (bicyclic) bond motifs is 1. The van der Waals surface area contributed by atoms with Crippen LogP contribution in [-0.4, -0.2) is 40.7 Å². The second-order valence-corrected chi connectivity index (χ2v) is 5.63. The Kier molecular flexibility index (Phi) is 4.66. The van der Waals surface area contributed by atoms with Gasteiger partial charge in [-0.25, -0.2) is 4.52 Å². The number of aromatic nitrogens is 2. The molecular weight excluding hydrogens is 248 g/mol. The van der Waals surface area contributed by atoms with E-state index in [1.54, 1.807) is 0 Å². The lowest BCUT2D eigenvalue weighted by atomic mass is 10.2. The Morgan fingerprint density at radius 1 is 1.10 bits per heavy atom. The molecule has 1 N–H and O–H groups in total. The molecule has 1 saturated heterocycles. The van der Waals surface area contributed by atoms with E-state index in [1.165, 1.54) is 56.4 Å². The summed E-state index contributed by atoms with van der Waals surface area (Å²) in [5.74, 6) is 0. The van der Waals surface area contributed by atoms with Crippen LogP contribution in [0.15, 0.2) is 30.6 Å². The van der Waals surface area contributed by atoms with Crippen molar-refractivity contribution in [1.82, 2.24) is 19.8 Å². The molecule has 2 aromatic heterocycles. The summed E-state index contributed by atoms with van der Waals surface area (Å²) in [6, 6.07) is 6.20. The smallest absolute Gasteiger partial charge is 0.0706 e. The number of hydrogen-bond donors (Lipinski definition) is 1. The standard InChI is InChI=1S/C16H24N4/c1-2-5-10-19(9-4-1)12-8-17-13-15-14-18-20-11-6-3-7-16(15)20/h3,6-7,11,14,17H,1-2,4-5,8-10,12-13H2. The molecule has 108 valence electrons. The topological polar surface area (TPSA) is 32.6 Å². The van der Waals surface area contributed by atoms with Gasteiger partial charge in [-0.05, 0) is 38.1 Å². The van der Waals surface area contributed by atoms with Crippen LogP contribution in [0.2, 0.25) is 0 Å². The Morgan fingerprint density at radius 3 is 2.80 bits per heavy atom. The number of likely N-dealkylation sites (tertiary alicyclic amines) is 1. The van der Waals surface area contributed by atoms with Crippen LogP contribution < -0.4 is 5.32 Å². The Morgan fingerprint density at radius 2 is 1.95 bits per heavy atom. The van der Waals surface area contributed by atoms with E-state index in [2.05, 4.69) is 27.4 Å². The van der Waals surface area contributed by atoms with Crippen LogP contribution in [0.5, 0.6) is 0 Å². The molecule has 1 aliphatic rings. The molecule has 4 heteroatoms. The second kappa shape index (κ2) is 6.86. The average molecular weight is 272 g/mol. The van der Waals surface area contributed by atoms with Crippen molar-refractivity contribution in [1.29, 1.82) is 0 Å². The number of nitrogens with zero attached hydrogens (tertiary/aromatic N) is 3. The zero-order valence-corrected chi connectivity index (χ0v) is 12.1. The van der Waals surface area contributed by atoms with Gasteiger partial charge in [0.1, 0.15) is 0 Å². The fourth-order valence-corrected chi connectivity index (χ4v) is 2.94. The fourth-order valence-electron chi connectivity index (χ4n) is 2.94. The van der Waals surface area contributed by atoms with Crippen molar-refractivity contribution in [2.24, 2.45) is 0 Å². The summed E-state index contributed by atoms with van der Waals surface area (Å²) in [5.41, 5.74) is 2.48. The van der Waals surface area contributed by atoms with Crippen molar-refractivity contribution in [2.75, 3.05) is 26.2 Å². The van der Waals surface area contributed by atoms with Gasteiger partial charge in [-0.1, -0.05) is 18.9 Å². The first-order valence-corrected chi connectivity index (χ1v) is 7.78. The molecule has 0 aromatic carbocycles. The van der Waals surface area contributed by atoms with E-state index >= 15 is 0 Å². The van der Waals surface area contributed by atoms with E-state index in [0.717, 1.165) is 13.1 Å². The van der Waals surface area contributed by atoms with E-state index in [0.29, 0.717) is 0 Å². The SMILES string of the molecule is c1ccn2ncc(CNCCN3CCCCCC3)c2c1. The van der Waals surface area contributed by atoms with Crippen molar-refractivity contribution in [3.8, 4) is 0 Å². The van der Waals surface area contributed by atoms with Gasteiger partial charge in [-0.2, -0.15) is 5.10 Å². The van der Waals surface area contributed by atoms with Gasteiger partial charge in [0.25, 0.3) is 0 Å². The van der Waals surface area contributed by atoms with Gasteiger partial charge in [0, 0.05) is 31.4 Å². The van der Waals surface area contributed by atoms with Gasteiger partial charge in [0.2, 0.25) is 0 Å². The first-order valence-electron chi connectivity index (χ1n) is 7.78. The van der Waals surface area contributed by atoms with Crippen molar-refractivity contribution in [3.63, 3.8) is 0 Å². The van der Waals surface area contributed by atoms with Crippen molar-refractivity contribution >= 4 is 5.52 Å². The Hall–Kier alpha value is -1.39. The predicted molar refractivity (Wildman–Crippen MR) is 81.8 cm³/mol. The van der Waals surface area contributed by atoms with Gasteiger partial charge in [0.05, 0.1) is 11.7 Å². The van der Waals surface area contributed by atoms with Crippen molar-refractivity contribution in [2.45, 2.75) is 32.2 Å². The third kappa shape index (κ3) is 3.38. The second-order valence-electron chi connectivity index (χ2n) is 5.63. The minimum absolute atomic E-state index is 0.904. The van der Waals surface area contributed by atoms with E-state index in [4.69, 9.17) is 0 Å². The minimum Gasteiger partial charge on any atom is -0.311 e. The fraction of sp³-hybridized carbons (Fsp3) is 0.562. The van der Waals surface area contributed by atoms with Crippen LogP contribution in [0.25, 0.3) is 5.52 Å². The Bertz CT molecular complexity index is 526. The number of rotatable bonds is 5. The van der Waals surface area contributed by atoms with Crippen LogP contribution >= 0.6 is 0 Å². The molecule has 4 nitrogen and oxygen atoms in total. The molecule has 0 radical (unpaired) electrons. The van der Waals surface area contributed by atoms with Crippen LogP contribution in [0.4, 0.5) is 0 Å². The quantitative estimate of drug-likeness (QED) is 0.848. The molecule has 2 aromatic rings. The highest BCUT2D eigenvalue weighted by Gasteiger charge is 2.08. The van der Waals surface area contributed by atoms with Crippen LogP contribution in [0.1, 0.15) is 31.2 Å². The highest BCUT2D eigenvalue weighted by Crippen LogP contribution is 2.10. The average Bonchev–Trinajstić information content (AvgIpc) is 2.71. The summed E-state index contributed by atoms with van der Waals surface area (Å²) < 4.78 is 1.94. The van der Waals surface area contributed by atoms with Gasteiger partial charge in [-0.3, -0.25) is 0 Å². The summed E-state index contributed by atoms with van der Waals surface area (Å²) in [6.07, 6.45) is 9.52. The van der Waals surface area contributed by atoms with Gasteiger partial charge in [0.15, 0.2) is 0 Å². The lowest BCUT2D eigenvalue weighted by Crippen LogP contribution is -2.32. The maximum atomic E-state index is 4.37. The van der Waals surface area contributed by atoms with E-state index in [-0.39, 0.29) is 0 Å². The third-order valence-electron chi connectivity index (χ3n) is 4.13. The summed E-state index contributed by atoms with van der Waals surface area (Å²) in [7, 11) is 0. The number of nitrogens with one attached hydrogen (secondary N) is 1. The monoisotopic (exact) mass is 272 g/mol. The molecule has 0 atom stereocenters. The highest BCUT2D eigenvalue weighted by molar-refractivity contribution is 5.53. The molecule has 1 aliphatic heterocycles. The molecule has 0 saturated carbocycles. The summed E-state index contributed by atoms with van der Waals surface area (Å²) >= 11 is 0. The lowest BCUT2D eigenvalue weighted by molar-refractivity contribution is 0.284. The zero-order valence-electron chi connectivity index (χ0n) is 12.1. The van der Waals surface area contributed by atoms with Gasteiger partial charge in [-0.15, -0.1) is 0 Å². The molecule has 0 spiro atoms. The molecule has 0 bridgehead atoms. The van der Waals surface area contributed by atoms with Crippen LogP contribution in [-0.2, 0) is 6.54 Å². The summed E-state index contributed by atoms with van der Waals surface area (Å²) in [6.45, 7) is 5.68. The first-order chi connectivity index (χ1) is 9.93. The maximum absolute atomic E-state index is 4.37. The molecule has 0 amide bonds. The normalized spacial score (nSPS) is 17.4. The Labute approximate surface area is 120 Å². The molecule has 3 heterocycles. The molecule has 0 aliphatic carbocycles. The molecule has 20 heavy (non-hydrogen) atoms.